The fourth-order valence-electron chi connectivity index (χ4n) is 5.42. The zero-order valence-electron chi connectivity index (χ0n) is 20.9. The second-order valence-corrected chi connectivity index (χ2v) is 9.34. The molecule has 0 bridgehead atoms. The third-order valence-corrected chi connectivity index (χ3v) is 7.24. The Bertz CT molecular complexity index is 1150. The van der Waals surface area contributed by atoms with Crippen molar-refractivity contribution in [2.45, 2.75) is 12.8 Å². The molecular weight excluding hydrogens is 456 g/mol. The van der Waals surface area contributed by atoms with E-state index in [0.717, 1.165) is 44.0 Å². The first-order chi connectivity index (χ1) is 17.5. The van der Waals surface area contributed by atoms with E-state index >= 15 is 0 Å². The summed E-state index contributed by atoms with van der Waals surface area (Å²) in [7, 11) is 1.98. The SMILES string of the molecule is CCOc1cc([C@H]2[C@H]3CN(C)CC=C3C(C#N)=C(N)C2(C#N)C#N)ccc1OCCN1CCOCC1. The van der Waals surface area contributed by atoms with E-state index in [1.807, 2.05) is 38.2 Å². The molecular formula is C27H32N6O3. The van der Waals surface area contributed by atoms with Crippen molar-refractivity contribution in [2.24, 2.45) is 17.1 Å². The number of rotatable bonds is 7. The highest BCUT2D eigenvalue weighted by Crippen LogP contribution is 2.54. The van der Waals surface area contributed by atoms with Crippen LogP contribution in [-0.2, 0) is 4.74 Å². The molecule has 1 fully saturated rings. The lowest BCUT2D eigenvalue weighted by Gasteiger charge is -2.45. The monoisotopic (exact) mass is 488 g/mol. The first-order valence-electron chi connectivity index (χ1n) is 12.3. The van der Waals surface area contributed by atoms with Gasteiger partial charge in [0.15, 0.2) is 16.9 Å². The summed E-state index contributed by atoms with van der Waals surface area (Å²) < 4.78 is 17.4. The molecule has 0 radical (unpaired) electrons. The highest BCUT2D eigenvalue weighted by molar-refractivity contribution is 5.60. The van der Waals surface area contributed by atoms with Crippen molar-refractivity contribution in [3.05, 3.63) is 46.7 Å². The van der Waals surface area contributed by atoms with Crippen molar-refractivity contribution >= 4 is 0 Å². The van der Waals surface area contributed by atoms with Crippen LogP contribution in [0.4, 0.5) is 0 Å². The van der Waals surface area contributed by atoms with Gasteiger partial charge in [0, 0.05) is 44.6 Å². The molecule has 2 N–H and O–H groups in total. The molecule has 1 aromatic carbocycles. The summed E-state index contributed by atoms with van der Waals surface area (Å²) >= 11 is 0. The summed E-state index contributed by atoms with van der Waals surface area (Å²) in [5.74, 6) is 0.361. The lowest BCUT2D eigenvalue weighted by molar-refractivity contribution is 0.0321. The van der Waals surface area contributed by atoms with Gasteiger partial charge in [-0.15, -0.1) is 0 Å². The molecule has 4 rings (SSSR count). The lowest BCUT2D eigenvalue weighted by atomic mass is 9.58. The largest absolute Gasteiger partial charge is 0.490 e. The summed E-state index contributed by atoms with van der Waals surface area (Å²) in [5, 5.41) is 30.4. The van der Waals surface area contributed by atoms with Crippen LogP contribution in [0.3, 0.4) is 0 Å². The van der Waals surface area contributed by atoms with Gasteiger partial charge in [-0.25, -0.2) is 0 Å². The van der Waals surface area contributed by atoms with Crippen molar-refractivity contribution in [3.63, 3.8) is 0 Å². The smallest absolute Gasteiger partial charge is 0.191 e. The van der Waals surface area contributed by atoms with E-state index in [0.29, 0.717) is 37.8 Å². The number of nitriles is 3. The third-order valence-electron chi connectivity index (χ3n) is 7.24. The van der Waals surface area contributed by atoms with Gasteiger partial charge in [0.25, 0.3) is 0 Å². The van der Waals surface area contributed by atoms with E-state index in [1.54, 1.807) is 0 Å². The Hall–Kier alpha value is -3.55. The molecule has 1 aromatic rings. The summed E-state index contributed by atoms with van der Waals surface area (Å²) in [4.78, 5) is 4.41. The number of ether oxygens (including phenoxy) is 3. The highest BCUT2D eigenvalue weighted by Gasteiger charge is 2.54. The highest BCUT2D eigenvalue weighted by atomic mass is 16.5. The molecule has 9 heteroatoms. The summed E-state index contributed by atoms with van der Waals surface area (Å²) in [6.45, 7) is 8.14. The molecule has 36 heavy (non-hydrogen) atoms. The van der Waals surface area contributed by atoms with Gasteiger partial charge in [-0.05, 0) is 37.2 Å². The van der Waals surface area contributed by atoms with Crippen LogP contribution in [0, 0.1) is 45.3 Å². The fourth-order valence-corrected chi connectivity index (χ4v) is 5.42. The predicted octanol–water partition coefficient (Wildman–Crippen LogP) is 2.15. The number of nitrogens with two attached hydrogens (primary N) is 1. The zero-order chi connectivity index (χ0) is 25.7. The summed E-state index contributed by atoms with van der Waals surface area (Å²) in [6.07, 6.45) is 1.98. The van der Waals surface area contributed by atoms with Crippen LogP contribution in [0.5, 0.6) is 11.5 Å². The molecule has 1 saturated heterocycles. The molecule has 3 aliphatic rings. The number of hydrogen-bond donors (Lipinski definition) is 1. The maximum Gasteiger partial charge on any atom is 0.191 e. The second-order valence-electron chi connectivity index (χ2n) is 9.34. The van der Waals surface area contributed by atoms with Crippen molar-refractivity contribution in [2.75, 3.05) is 66.2 Å². The Morgan fingerprint density at radius 3 is 2.56 bits per heavy atom. The van der Waals surface area contributed by atoms with E-state index in [9.17, 15) is 15.8 Å². The Morgan fingerprint density at radius 2 is 1.89 bits per heavy atom. The molecule has 0 saturated carbocycles. The summed E-state index contributed by atoms with van der Waals surface area (Å²) in [5.41, 5.74) is 6.58. The molecule has 2 heterocycles. The fraction of sp³-hybridized carbons (Fsp3) is 0.519. The van der Waals surface area contributed by atoms with Gasteiger partial charge < -0.3 is 24.8 Å². The van der Waals surface area contributed by atoms with Gasteiger partial charge in [-0.3, -0.25) is 4.90 Å². The van der Waals surface area contributed by atoms with Crippen molar-refractivity contribution in [1.29, 1.82) is 15.8 Å². The first-order valence-corrected chi connectivity index (χ1v) is 12.3. The number of nitrogens with zero attached hydrogens (tertiary/aromatic N) is 5. The van der Waals surface area contributed by atoms with Gasteiger partial charge >= 0.3 is 0 Å². The number of fused-ring (bicyclic) bond motifs is 1. The van der Waals surface area contributed by atoms with Crippen LogP contribution in [0.15, 0.2) is 41.1 Å². The van der Waals surface area contributed by atoms with E-state index in [-0.39, 0.29) is 17.2 Å². The van der Waals surface area contributed by atoms with Crippen molar-refractivity contribution in [1.82, 2.24) is 9.80 Å². The molecule has 0 aromatic heterocycles. The van der Waals surface area contributed by atoms with Gasteiger partial charge in [0.2, 0.25) is 0 Å². The number of morpholine rings is 1. The number of allylic oxidation sites excluding steroid dienone is 2. The first kappa shape index (κ1) is 25.5. The third kappa shape index (κ3) is 4.64. The average molecular weight is 489 g/mol. The molecule has 0 unspecified atom stereocenters. The van der Waals surface area contributed by atoms with Crippen LogP contribution in [0.2, 0.25) is 0 Å². The molecule has 2 atom stereocenters. The van der Waals surface area contributed by atoms with Gasteiger partial charge in [0.1, 0.15) is 12.7 Å². The minimum Gasteiger partial charge on any atom is -0.490 e. The Kier molecular flexibility index (Phi) is 7.82. The zero-order valence-corrected chi connectivity index (χ0v) is 20.9. The Morgan fingerprint density at radius 1 is 1.14 bits per heavy atom. The van der Waals surface area contributed by atoms with Crippen LogP contribution in [0.1, 0.15) is 18.4 Å². The molecule has 0 amide bonds. The van der Waals surface area contributed by atoms with Gasteiger partial charge in [-0.2, -0.15) is 15.8 Å². The molecule has 0 spiro atoms. The average Bonchev–Trinajstić information content (AvgIpc) is 2.90. The van der Waals surface area contributed by atoms with Crippen molar-refractivity contribution in [3.8, 4) is 29.7 Å². The Labute approximate surface area is 212 Å². The quantitative estimate of drug-likeness (QED) is 0.613. The van der Waals surface area contributed by atoms with Gasteiger partial charge in [0.05, 0.1) is 43.2 Å². The molecule has 188 valence electrons. The van der Waals surface area contributed by atoms with E-state index in [2.05, 4.69) is 28.0 Å². The minimum atomic E-state index is -1.67. The number of hydrogen-bond acceptors (Lipinski definition) is 9. The maximum absolute atomic E-state index is 10.3. The van der Waals surface area contributed by atoms with E-state index < -0.39 is 11.3 Å². The topological polar surface area (TPSA) is 132 Å². The van der Waals surface area contributed by atoms with Crippen LogP contribution in [0.25, 0.3) is 0 Å². The normalized spacial score (nSPS) is 24.0. The standard InChI is InChI=1S/C27H32N6O3/c1-3-35-24-14-19(4-5-23(24)36-13-10-33-8-11-34-12-9-33)25-22-16-32(2)7-6-20(22)21(15-28)26(31)27(25,17-29)18-30/h4-6,14,22,25H,3,7-13,16,31H2,1-2H3/t22-,25-/m0/s1. The molecule has 1 aliphatic carbocycles. The van der Waals surface area contributed by atoms with Crippen LogP contribution in [-0.4, -0.2) is 76.0 Å². The van der Waals surface area contributed by atoms with Crippen LogP contribution >= 0.6 is 0 Å². The Balaban J connectivity index is 1.70. The summed E-state index contributed by atoms with van der Waals surface area (Å²) in [6, 6.07) is 12.1. The number of benzene rings is 1. The lowest BCUT2D eigenvalue weighted by Crippen LogP contribution is -2.47. The van der Waals surface area contributed by atoms with Crippen LogP contribution < -0.4 is 15.2 Å². The number of likely N-dealkylation sites (N-methyl/N-ethyl adjacent to an activating group) is 1. The predicted molar refractivity (Wildman–Crippen MR) is 133 cm³/mol. The van der Waals surface area contributed by atoms with Crippen molar-refractivity contribution < 1.29 is 14.2 Å². The van der Waals surface area contributed by atoms with Gasteiger partial charge in [-0.1, -0.05) is 12.1 Å². The van der Waals surface area contributed by atoms with E-state index in [4.69, 9.17) is 19.9 Å². The molecule has 2 aliphatic heterocycles. The second kappa shape index (κ2) is 11.0. The maximum atomic E-state index is 10.3. The molecule has 9 nitrogen and oxygen atoms in total. The van der Waals surface area contributed by atoms with E-state index in [1.165, 1.54) is 0 Å². The minimum absolute atomic E-state index is 0.0239.